The molecule has 6 nitrogen and oxygen atoms in total. The molecule has 0 aliphatic carbocycles. The van der Waals surface area contributed by atoms with E-state index in [1.54, 1.807) is 50.2 Å². The molecule has 2 aromatic carbocycles. The van der Waals surface area contributed by atoms with E-state index in [-0.39, 0.29) is 26.1 Å². The predicted octanol–water partition coefficient (Wildman–Crippen LogP) is 3.19. The van der Waals surface area contributed by atoms with E-state index < -0.39 is 19.9 Å². The van der Waals surface area contributed by atoms with Crippen molar-refractivity contribution in [3.63, 3.8) is 0 Å². The standard InChI is InChI=1S/C19H20N2O4S2/c1-13-9-5-7-11-17(13)26(22,23)19-15(3)20-21(16(19)4)27(24,25)18-12-8-6-10-14(18)2/h5-12H,1-4H3. The zero-order valence-corrected chi connectivity index (χ0v) is 17.1. The number of aromatic nitrogens is 2. The maximum atomic E-state index is 13.2. The second kappa shape index (κ2) is 6.61. The van der Waals surface area contributed by atoms with Gasteiger partial charge in [-0.25, -0.2) is 8.42 Å². The van der Waals surface area contributed by atoms with Crippen molar-refractivity contribution in [3.05, 3.63) is 71.0 Å². The molecule has 3 aromatic rings. The zero-order chi connectivity index (χ0) is 20.0. The Bertz CT molecular complexity index is 1240. The van der Waals surface area contributed by atoms with E-state index in [1.165, 1.54) is 26.0 Å². The molecule has 0 saturated heterocycles. The number of aryl methyl sites for hydroxylation is 3. The van der Waals surface area contributed by atoms with Crippen molar-refractivity contribution in [2.24, 2.45) is 0 Å². The van der Waals surface area contributed by atoms with E-state index >= 15 is 0 Å². The Hall–Kier alpha value is -2.45. The maximum Gasteiger partial charge on any atom is 0.283 e. The molecule has 0 N–H and O–H groups in total. The monoisotopic (exact) mass is 404 g/mol. The van der Waals surface area contributed by atoms with E-state index in [1.807, 2.05) is 0 Å². The fraction of sp³-hybridized carbons (Fsp3) is 0.211. The third-order valence-electron chi connectivity index (χ3n) is 4.44. The highest BCUT2D eigenvalue weighted by molar-refractivity contribution is 7.92. The van der Waals surface area contributed by atoms with Crippen LogP contribution in [-0.4, -0.2) is 26.0 Å². The molecule has 0 bridgehead atoms. The van der Waals surface area contributed by atoms with E-state index in [9.17, 15) is 16.8 Å². The minimum atomic E-state index is -4.01. The van der Waals surface area contributed by atoms with E-state index in [0.29, 0.717) is 11.1 Å². The summed E-state index contributed by atoms with van der Waals surface area (Å²) in [6.07, 6.45) is 0. The summed E-state index contributed by atoms with van der Waals surface area (Å²) in [5.74, 6) is 0. The third kappa shape index (κ3) is 3.08. The van der Waals surface area contributed by atoms with Crippen molar-refractivity contribution in [2.75, 3.05) is 0 Å². The number of benzene rings is 2. The van der Waals surface area contributed by atoms with Crippen LogP contribution in [0.1, 0.15) is 22.5 Å². The SMILES string of the molecule is Cc1ccccc1S(=O)(=O)c1c(C)nn(S(=O)(=O)c2ccccc2C)c1C. The van der Waals surface area contributed by atoms with E-state index in [4.69, 9.17) is 0 Å². The Morgan fingerprint density at radius 3 is 1.74 bits per heavy atom. The van der Waals surface area contributed by atoms with Gasteiger partial charge < -0.3 is 0 Å². The molecule has 0 saturated carbocycles. The summed E-state index contributed by atoms with van der Waals surface area (Å²) in [6.45, 7) is 6.35. The van der Waals surface area contributed by atoms with Crippen LogP contribution in [0.3, 0.4) is 0 Å². The Morgan fingerprint density at radius 2 is 1.22 bits per heavy atom. The van der Waals surface area contributed by atoms with Gasteiger partial charge >= 0.3 is 0 Å². The van der Waals surface area contributed by atoms with Crippen LogP contribution in [0.15, 0.2) is 63.2 Å². The molecular formula is C19H20N2O4S2. The first-order chi connectivity index (χ1) is 12.6. The minimum absolute atomic E-state index is 0.0685. The molecule has 142 valence electrons. The Morgan fingerprint density at radius 1 is 0.741 bits per heavy atom. The lowest BCUT2D eigenvalue weighted by Gasteiger charge is -2.10. The van der Waals surface area contributed by atoms with Crippen LogP contribution in [0, 0.1) is 27.7 Å². The molecule has 0 aliphatic rings. The first-order valence-electron chi connectivity index (χ1n) is 8.26. The number of hydrogen-bond donors (Lipinski definition) is 0. The zero-order valence-electron chi connectivity index (χ0n) is 15.5. The van der Waals surface area contributed by atoms with Gasteiger partial charge in [0.2, 0.25) is 9.84 Å². The molecular weight excluding hydrogens is 384 g/mol. The van der Waals surface area contributed by atoms with Crippen LogP contribution in [0.5, 0.6) is 0 Å². The average Bonchev–Trinajstić information content (AvgIpc) is 2.91. The summed E-state index contributed by atoms with van der Waals surface area (Å²) < 4.78 is 53.4. The normalized spacial score (nSPS) is 12.3. The van der Waals surface area contributed by atoms with Gasteiger partial charge in [0.1, 0.15) is 4.90 Å². The van der Waals surface area contributed by atoms with Gasteiger partial charge in [-0.15, -0.1) is 0 Å². The highest BCUT2D eigenvalue weighted by Gasteiger charge is 2.32. The smallest absolute Gasteiger partial charge is 0.218 e. The molecule has 0 radical (unpaired) electrons. The lowest BCUT2D eigenvalue weighted by molar-refractivity contribution is 0.577. The minimum Gasteiger partial charge on any atom is -0.218 e. The quantitative estimate of drug-likeness (QED) is 0.667. The molecule has 1 heterocycles. The van der Waals surface area contributed by atoms with E-state index in [0.717, 1.165) is 4.09 Å². The van der Waals surface area contributed by atoms with Crippen LogP contribution >= 0.6 is 0 Å². The van der Waals surface area contributed by atoms with Crippen LogP contribution in [-0.2, 0) is 19.9 Å². The molecule has 0 unspecified atom stereocenters. The molecule has 0 atom stereocenters. The summed E-state index contributed by atoms with van der Waals surface area (Å²) in [4.78, 5) is 0.161. The molecule has 8 heteroatoms. The average molecular weight is 405 g/mol. The Balaban J connectivity index is 2.26. The number of rotatable bonds is 4. The summed E-state index contributed by atoms with van der Waals surface area (Å²) >= 11 is 0. The summed E-state index contributed by atoms with van der Waals surface area (Å²) in [5, 5.41) is 4.07. The number of hydrogen-bond acceptors (Lipinski definition) is 5. The first kappa shape index (κ1) is 19.3. The maximum absolute atomic E-state index is 13.2. The highest BCUT2D eigenvalue weighted by Crippen LogP contribution is 2.30. The van der Waals surface area contributed by atoms with Gasteiger partial charge in [0.25, 0.3) is 10.0 Å². The Kier molecular flexibility index (Phi) is 4.73. The fourth-order valence-electron chi connectivity index (χ4n) is 3.14. The van der Waals surface area contributed by atoms with Crippen LogP contribution in [0.2, 0.25) is 0 Å². The van der Waals surface area contributed by atoms with Gasteiger partial charge in [-0.05, 0) is 51.0 Å². The van der Waals surface area contributed by atoms with Crippen molar-refractivity contribution in [2.45, 2.75) is 42.4 Å². The van der Waals surface area contributed by atoms with Gasteiger partial charge in [0.15, 0.2) is 0 Å². The second-order valence-electron chi connectivity index (χ2n) is 6.38. The van der Waals surface area contributed by atoms with Crippen molar-refractivity contribution in [1.82, 2.24) is 9.19 Å². The molecule has 3 rings (SSSR count). The van der Waals surface area contributed by atoms with Gasteiger partial charge in [0.05, 0.1) is 21.2 Å². The van der Waals surface area contributed by atoms with Gasteiger partial charge in [0, 0.05) is 0 Å². The molecule has 0 fully saturated rings. The van der Waals surface area contributed by atoms with Gasteiger partial charge in [-0.3, -0.25) is 0 Å². The van der Waals surface area contributed by atoms with Crippen molar-refractivity contribution < 1.29 is 16.8 Å². The van der Waals surface area contributed by atoms with Crippen molar-refractivity contribution in [3.8, 4) is 0 Å². The molecule has 27 heavy (non-hydrogen) atoms. The third-order valence-corrected chi connectivity index (χ3v) is 8.43. The van der Waals surface area contributed by atoms with Crippen LogP contribution in [0.25, 0.3) is 0 Å². The first-order valence-corrected chi connectivity index (χ1v) is 11.2. The second-order valence-corrected chi connectivity index (χ2v) is 9.97. The lowest BCUT2D eigenvalue weighted by Crippen LogP contribution is -2.17. The summed E-state index contributed by atoms with van der Waals surface area (Å²) in [7, 11) is -7.92. The Labute approximate surface area is 159 Å². The number of nitrogens with zero attached hydrogens (tertiary/aromatic N) is 2. The summed E-state index contributed by atoms with van der Waals surface area (Å²) in [6, 6.07) is 13.1. The van der Waals surface area contributed by atoms with Gasteiger partial charge in [-0.2, -0.15) is 17.6 Å². The van der Waals surface area contributed by atoms with Gasteiger partial charge in [-0.1, -0.05) is 36.4 Å². The number of sulfone groups is 1. The molecule has 0 aliphatic heterocycles. The van der Waals surface area contributed by atoms with Crippen LogP contribution < -0.4 is 0 Å². The summed E-state index contributed by atoms with van der Waals surface area (Å²) in [5.41, 5.74) is 1.37. The van der Waals surface area contributed by atoms with Crippen molar-refractivity contribution in [1.29, 1.82) is 0 Å². The van der Waals surface area contributed by atoms with E-state index in [2.05, 4.69) is 5.10 Å². The molecule has 1 aromatic heterocycles. The largest absolute Gasteiger partial charge is 0.283 e. The molecule has 0 spiro atoms. The van der Waals surface area contributed by atoms with Crippen molar-refractivity contribution >= 4 is 19.9 Å². The lowest BCUT2D eigenvalue weighted by atomic mass is 10.2. The predicted molar refractivity (Wildman–Crippen MR) is 102 cm³/mol. The highest BCUT2D eigenvalue weighted by atomic mass is 32.2. The van der Waals surface area contributed by atoms with Crippen LogP contribution in [0.4, 0.5) is 0 Å². The molecule has 0 amide bonds. The fourth-order valence-corrected chi connectivity index (χ4v) is 6.66. The topological polar surface area (TPSA) is 86.1 Å².